The van der Waals surface area contributed by atoms with E-state index < -0.39 is 0 Å². The highest BCUT2D eigenvalue weighted by molar-refractivity contribution is 6.30. The molecule has 0 saturated carbocycles. The molecule has 1 fully saturated rings. The molecule has 4 nitrogen and oxygen atoms in total. The van der Waals surface area contributed by atoms with Crippen LogP contribution in [0.4, 0.5) is 10.6 Å². The van der Waals surface area contributed by atoms with Gasteiger partial charge < -0.3 is 5.32 Å². The van der Waals surface area contributed by atoms with Gasteiger partial charge in [-0.1, -0.05) is 11.6 Å². The van der Waals surface area contributed by atoms with Crippen LogP contribution in [-0.2, 0) is 0 Å². The zero-order valence-electron chi connectivity index (χ0n) is 7.53. The number of hydrogen-bond acceptors (Lipinski definition) is 2. The summed E-state index contributed by atoms with van der Waals surface area (Å²) in [6.45, 7) is 1.43. The number of urea groups is 1. The van der Waals surface area contributed by atoms with Crippen molar-refractivity contribution >= 4 is 23.4 Å². The van der Waals surface area contributed by atoms with Crippen molar-refractivity contribution in [3.05, 3.63) is 23.4 Å². The number of carbonyl (C=O) groups excluding carboxylic acids is 1. The Morgan fingerprint density at radius 3 is 3.14 bits per heavy atom. The van der Waals surface area contributed by atoms with Gasteiger partial charge in [0.15, 0.2) is 0 Å². The van der Waals surface area contributed by atoms with E-state index in [1.165, 1.54) is 0 Å². The van der Waals surface area contributed by atoms with Gasteiger partial charge in [-0.2, -0.15) is 0 Å². The summed E-state index contributed by atoms with van der Waals surface area (Å²) in [5.74, 6) is 0.606. The number of halogens is 1. The van der Waals surface area contributed by atoms with Crippen molar-refractivity contribution in [2.75, 3.05) is 18.0 Å². The van der Waals surface area contributed by atoms with Crippen molar-refractivity contribution in [2.45, 2.75) is 6.42 Å². The molecule has 2 rings (SSSR count). The molecule has 1 aliphatic rings. The van der Waals surface area contributed by atoms with Crippen LogP contribution in [0.1, 0.15) is 6.42 Å². The maximum absolute atomic E-state index is 11.4. The van der Waals surface area contributed by atoms with E-state index in [2.05, 4.69) is 10.3 Å². The number of aromatic nitrogens is 1. The Morgan fingerprint density at radius 2 is 2.43 bits per heavy atom. The molecule has 1 N–H and O–H groups in total. The molecule has 0 spiro atoms. The van der Waals surface area contributed by atoms with E-state index in [4.69, 9.17) is 11.6 Å². The van der Waals surface area contributed by atoms with Crippen molar-refractivity contribution in [3.63, 3.8) is 0 Å². The Morgan fingerprint density at radius 1 is 1.57 bits per heavy atom. The number of amides is 2. The molecule has 0 aromatic carbocycles. The molecule has 1 aliphatic heterocycles. The van der Waals surface area contributed by atoms with Gasteiger partial charge in [-0.25, -0.2) is 9.78 Å². The molecule has 2 amide bonds. The molecular formula is C9H10ClN3O. The van der Waals surface area contributed by atoms with Crippen LogP contribution in [0.15, 0.2) is 18.3 Å². The third-order valence-corrected chi connectivity index (χ3v) is 2.30. The Balaban J connectivity index is 2.24. The highest BCUT2D eigenvalue weighted by Gasteiger charge is 2.19. The Labute approximate surface area is 86.9 Å². The summed E-state index contributed by atoms with van der Waals surface area (Å²) in [6, 6.07) is 3.27. The first-order chi connectivity index (χ1) is 6.77. The normalized spacial score (nSPS) is 16.6. The molecule has 1 aromatic heterocycles. The third kappa shape index (κ3) is 1.80. The first kappa shape index (κ1) is 9.27. The van der Waals surface area contributed by atoms with Gasteiger partial charge in [-0.15, -0.1) is 0 Å². The van der Waals surface area contributed by atoms with Gasteiger partial charge in [-0.05, 0) is 18.6 Å². The summed E-state index contributed by atoms with van der Waals surface area (Å²) in [5.41, 5.74) is 0. The van der Waals surface area contributed by atoms with E-state index in [1.54, 1.807) is 23.2 Å². The van der Waals surface area contributed by atoms with Gasteiger partial charge in [0.05, 0.1) is 0 Å². The number of carbonyl (C=O) groups is 1. The predicted octanol–water partition coefficient (Wildman–Crippen LogP) is 1.65. The van der Waals surface area contributed by atoms with Crippen molar-refractivity contribution in [1.29, 1.82) is 0 Å². The smallest absolute Gasteiger partial charge is 0.323 e. The lowest BCUT2D eigenvalue weighted by molar-refractivity contribution is 0.242. The Kier molecular flexibility index (Phi) is 2.54. The fraction of sp³-hybridized carbons (Fsp3) is 0.333. The highest BCUT2D eigenvalue weighted by Crippen LogP contribution is 2.17. The molecule has 1 aromatic rings. The fourth-order valence-corrected chi connectivity index (χ4v) is 1.54. The molecule has 0 radical (unpaired) electrons. The minimum absolute atomic E-state index is 0.106. The summed E-state index contributed by atoms with van der Waals surface area (Å²) >= 11 is 5.81. The van der Waals surface area contributed by atoms with Crippen LogP contribution in [0.5, 0.6) is 0 Å². The van der Waals surface area contributed by atoms with Crippen LogP contribution in [0.2, 0.25) is 5.02 Å². The second-order valence-corrected chi connectivity index (χ2v) is 3.51. The van der Waals surface area contributed by atoms with Gasteiger partial charge in [0.2, 0.25) is 0 Å². The van der Waals surface area contributed by atoms with Gasteiger partial charge >= 0.3 is 6.03 Å². The zero-order chi connectivity index (χ0) is 9.97. The minimum atomic E-state index is -0.106. The topological polar surface area (TPSA) is 45.2 Å². The largest absolute Gasteiger partial charge is 0.338 e. The lowest BCUT2D eigenvalue weighted by Gasteiger charge is -2.26. The van der Waals surface area contributed by atoms with Crippen LogP contribution < -0.4 is 10.2 Å². The number of nitrogens with zero attached hydrogens (tertiary/aromatic N) is 2. The van der Waals surface area contributed by atoms with Crippen molar-refractivity contribution in [2.24, 2.45) is 0 Å². The van der Waals surface area contributed by atoms with Crippen LogP contribution in [0.25, 0.3) is 0 Å². The third-order valence-electron chi connectivity index (χ3n) is 2.06. The summed E-state index contributed by atoms with van der Waals surface area (Å²) in [4.78, 5) is 17.1. The Hall–Kier alpha value is -1.29. The fourth-order valence-electron chi connectivity index (χ4n) is 1.39. The molecule has 74 valence electrons. The maximum Gasteiger partial charge on any atom is 0.323 e. The summed E-state index contributed by atoms with van der Waals surface area (Å²) in [5, 5.41) is 3.35. The second kappa shape index (κ2) is 3.84. The van der Waals surface area contributed by atoms with Crippen LogP contribution in [0, 0.1) is 0 Å². The summed E-state index contributed by atoms with van der Waals surface area (Å²) in [7, 11) is 0. The summed E-state index contributed by atoms with van der Waals surface area (Å²) < 4.78 is 0. The average Bonchev–Trinajstić information content (AvgIpc) is 2.18. The molecule has 1 saturated heterocycles. The summed E-state index contributed by atoms with van der Waals surface area (Å²) in [6.07, 6.45) is 2.53. The van der Waals surface area contributed by atoms with Gasteiger partial charge in [-0.3, -0.25) is 4.90 Å². The molecule has 5 heteroatoms. The zero-order valence-corrected chi connectivity index (χ0v) is 8.29. The Bertz CT molecular complexity index is 356. The van der Waals surface area contributed by atoms with E-state index in [-0.39, 0.29) is 6.03 Å². The van der Waals surface area contributed by atoms with Crippen molar-refractivity contribution in [1.82, 2.24) is 10.3 Å². The first-order valence-corrected chi connectivity index (χ1v) is 4.82. The molecule has 0 atom stereocenters. The number of hydrogen-bond donors (Lipinski definition) is 1. The van der Waals surface area contributed by atoms with E-state index in [0.29, 0.717) is 17.4 Å². The number of pyridine rings is 1. The molecule has 0 bridgehead atoms. The minimum Gasteiger partial charge on any atom is -0.338 e. The highest BCUT2D eigenvalue weighted by atomic mass is 35.5. The number of anilines is 1. The monoisotopic (exact) mass is 211 g/mol. The number of nitrogens with one attached hydrogen (secondary N) is 1. The molecule has 2 heterocycles. The van der Waals surface area contributed by atoms with Gasteiger partial charge in [0.1, 0.15) is 5.82 Å². The van der Waals surface area contributed by atoms with Crippen LogP contribution in [0.3, 0.4) is 0 Å². The SMILES string of the molecule is O=C1NCCCN1c1cc(Cl)ccn1. The second-order valence-electron chi connectivity index (χ2n) is 3.07. The van der Waals surface area contributed by atoms with E-state index in [0.717, 1.165) is 13.0 Å². The molecule has 0 unspecified atom stereocenters. The van der Waals surface area contributed by atoms with Crippen molar-refractivity contribution in [3.8, 4) is 0 Å². The average molecular weight is 212 g/mol. The van der Waals surface area contributed by atoms with E-state index in [1.807, 2.05) is 0 Å². The molecular weight excluding hydrogens is 202 g/mol. The number of rotatable bonds is 1. The van der Waals surface area contributed by atoms with Crippen molar-refractivity contribution < 1.29 is 4.79 Å². The molecule has 14 heavy (non-hydrogen) atoms. The maximum atomic E-state index is 11.4. The van der Waals surface area contributed by atoms with Gasteiger partial charge in [0, 0.05) is 24.3 Å². The quantitative estimate of drug-likeness (QED) is 0.768. The standard InChI is InChI=1S/C9H10ClN3O/c10-7-2-4-11-8(6-7)13-5-1-3-12-9(13)14/h2,4,6H,1,3,5H2,(H,12,14). The predicted molar refractivity (Wildman–Crippen MR) is 54.6 cm³/mol. The lowest BCUT2D eigenvalue weighted by Crippen LogP contribution is -2.46. The van der Waals surface area contributed by atoms with E-state index >= 15 is 0 Å². The van der Waals surface area contributed by atoms with E-state index in [9.17, 15) is 4.79 Å². The van der Waals surface area contributed by atoms with Crippen LogP contribution in [-0.4, -0.2) is 24.1 Å². The first-order valence-electron chi connectivity index (χ1n) is 4.44. The van der Waals surface area contributed by atoms with Gasteiger partial charge in [0.25, 0.3) is 0 Å². The molecule has 0 aliphatic carbocycles. The van der Waals surface area contributed by atoms with Crippen LogP contribution >= 0.6 is 11.6 Å². The lowest BCUT2D eigenvalue weighted by atomic mass is 10.3.